The van der Waals surface area contributed by atoms with Crippen LogP contribution < -0.4 is 0 Å². The van der Waals surface area contributed by atoms with E-state index in [2.05, 4.69) is 0 Å². The number of hydrogen-bond donors (Lipinski definition) is 0. The summed E-state index contributed by atoms with van der Waals surface area (Å²) < 4.78 is 9.59. The van der Waals surface area contributed by atoms with E-state index in [4.69, 9.17) is 9.47 Å². The van der Waals surface area contributed by atoms with Crippen molar-refractivity contribution in [2.24, 2.45) is 0 Å². The third-order valence-corrected chi connectivity index (χ3v) is 3.16. The SMILES string of the molecule is O=C1C=CC(=O)OC(C(=O)N2Cc3ccccc3C2)O1. The van der Waals surface area contributed by atoms with Gasteiger partial charge in [0.15, 0.2) is 0 Å². The summed E-state index contributed by atoms with van der Waals surface area (Å²) in [6.07, 6.45) is 0.363. The normalized spacial score (nSPS) is 18.3. The van der Waals surface area contributed by atoms with Gasteiger partial charge in [-0.1, -0.05) is 24.3 Å². The van der Waals surface area contributed by atoms with Crippen LogP contribution in [0.15, 0.2) is 36.4 Å². The number of hydrogen-bond acceptors (Lipinski definition) is 5. The molecule has 0 saturated carbocycles. The summed E-state index contributed by atoms with van der Waals surface area (Å²) in [4.78, 5) is 36.3. The molecule has 2 aliphatic heterocycles. The molecule has 2 heterocycles. The number of carbonyl (C=O) groups excluding carboxylic acids is 3. The Morgan fingerprint density at radius 3 is 2.00 bits per heavy atom. The molecule has 0 saturated heterocycles. The fourth-order valence-corrected chi connectivity index (χ4v) is 2.19. The highest BCUT2D eigenvalue weighted by Crippen LogP contribution is 2.23. The summed E-state index contributed by atoms with van der Waals surface area (Å²) in [7, 11) is 0. The van der Waals surface area contributed by atoms with E-state index < -0.39 is 24.1 Å². The standard InChI is InChI=1S/C14H11NO5/c16-11-5-6-12(17)20-14(19-11)13(18)15-7-9-3-1-2-4-10(9)8-15/h1-6,14H,7-8H2. The van der Waals surface area contributed by atoms with E-state index in [0.717, 1.165) is 23.3 Å². The maximum atomic E-state index is 12.3. The second-order valence-corrected chi connectivity index (χ2v) is 4.50. The summed E-state index contributed by atoms with van der Waals surface area (Å²) in [5.74, 6) is -2.08. The molecule has 0 N–H and O–H groups in total. The van der Waals surface area contributed by atoms with E-state index in [-0.39, 0.29) is 0 Å². The van der Waals surface area contributed by atoms with Crippen molar-refractivity contribution in [3.63, 3.8) is 0 Å². The van der Waals surface area contributed by atoms with Crippen LogP contribution in [0.25, 0.3) is 0 Å². The predicted octanol–water partition coefficient (Wildman–Crippen LogP) is 0.511. The highest BCUT2D eigenvalue weighted by atomic mass is 16.7. The van der Waals surface area contributed by atoms with Gasteiger partial charge in [-0.15, -0.1) is 0 Å². The van der Waals surface area contributed by atoms with Crippen molar-refractivity contribution in [1.29, 1.82) is 0 Å². The van der Waals surface area contributed by atoms with Crippen LogP contribution in [0.1, 0.15) is 11.1 Å². The fourth-order valence-electron chi connectivity index (χ4n) is 2.19. The molecule has 0 spiro atoms. The number of benzene rings is 1. The average molecular weight is 273 g/mol. The molecular weight excluding hydrogens is 262 g/mol. The number of nitrogens with zero attached hydrogens (tertiary/aromatic N) is 1. The Hall–Kier alpha value is -2.63. The first-order valence-electron chi connectivity index (χ1n) is 6.08. The van der Waals surface area contributed by atoms with Crippen molar-refractivity contribution < 1.29 is 23.9 Å². The maximum absolute atomic E-state index is 12.3. The number of carbonyl (C=O) groups is 3. The molecule has 0 fully saturated rings. The summed E-state index contributed by atoms with van der Waals surface area (Å²) in [6, 6.07) is 7.63. The van der Waals surface area contributed by atoms with Gasteiger partial charge in [0.05, 0.1) is 0 Å². The van der Waals surface area contributed by atoms with Crippen LogP contribution in [0.4, 0.5) is 0 Å². The molecule has 0 unspecified atom stereocenters. The van der Waals surface area contributed by atoms with Crippen LogP contribution in [0.3, 0.4) is 0 Å². The summed E-state index contributed by atoms with van der Waals surface area (Å²) >= 11 is 0. The van der Waals surface area contributed by atoms with Crippen LogP contribution in [0.5, 0.6) is 0 Å². The smallest absolute Gasteiger partial charge is 0.334 e. The van der Waals surface area contributed by atoms with Gasteiger partial charge in [0.1, 0.15) is 0 Å². The molecule has 1 aromatic carbocycles. The largest absolute Gasteiger partial charge is 0.412 e. The second kappa shape index (κ2) is 4.80. The third-order valence-electron chi connectivity index (χ3n) is 3.16. The van der Waals surface area contributed by atoms with Crippen LogP contribution in [-0.4, -0.2) is 29.0 Å². The molecule has 102 valence electrons. The zero-order chi connectivity index (χ0) is 14.1. The molecule has 0 aromatic heterocycles. The van der Waals surface area contributed by atoms with Gasteiger partial charge in [-0.2, -0.15) is 0 Å². The van der Waals surface area contributed by atoms with Crippen LogP contribution in [0.2, 0.25) is 0 Å². The molecule has 0 aliphatic carbocycles. The first-order valence-corrected chi connectivity index (χ1v) is 6.08. The minimum atomic E-state index is -1.51. The zero-order valence-corrected chi connectivity index (χ0v) is 10.4. The second-order valence-electron chi connectivity index (χ2n) is 4.50. The number of ether oxygens (including phenoxy) is 2. The van der Waals surface area contributed by atoms with E-state index in [1.54, 1.807) is 0 Å². The molecule has 2 aliphatic rings. The first-order chi connectivity index (χ1) is 9.63. The van der Waals surface area contributed by atoms with Crippen LogP contribution in [-0.2, 0) is 36.9 Å². The van der Waals surface area contributed by atoms with Gasteiger partial charge in [-0.25, -0.2) is 9.59 Å². The Morgan fingerprint density at radius 2 is 1.50 bits per heavy atom. The maximum Gasteiger partial charge on any atom is 0.334 e. The van der Waals surface area contributed by atoms with Crippen molar-refractivity contribution in [3.05, 3.63) is 47.5 Å². The van der Waals surface area contributed by atoms with Gasteiger partial charge < -0.3 is 14.4 Å². The lowest BCUT2D eigenvalue weighted by molar-refractivity contribution is -0.190. The van der Waals surface area contributed by atoms with Gasteiger partial charge in [0.25, 0.3) is 0 Å². The quantitative estimate of drug-likeness (QED) is 0.697. The molecule has 1 amide bonds. The van der Waals surface area contributed by atoms with Crippen molar-refractivity contribution in [3.8, 4) is 0 Å². The fraction of sp³-hybridized carbons (Fsp3) is 0.214. The van der Waals surface area contributed by atoms with E-state index in [1.807, 2.05) is 24.3 Å². The van der Waals surface area contributed by atoms with Gasteiger partial charge in [0.2, 0.25) is 0 Å². The number of amides is 1. The molecule has 0 atom stereocenters. The zero-order valence-electron chi connectivity index (χ0n) is 10.4. The van der Waals surface area contributed by atoms with E-state index in [9.17, 15) is 14.4 Å². The highest BCUT2D eigenvalue weighted by Gasteiger charge is 2.34. The van der Waals surface area contributed by atoms with Crippen LogP contribution in [0, 0.1) is 0 Å². The third kappa shape index (κ3) is 2.27. The Labute approximate surface area is 114 Å². The van der Waals surface area contributed by atoms with Gasteiger partial charge in [0, 0.05) is 25.2 Å². The molecule has 0 bridgehead atoms. The van der Waals surface area contributed by atoms with E-state index in [1.165, 1.54) is 4.90 Å². The number of cyclic esters (lactones) is 2. The molecule has 6 heteroatoms. The number of fused-ring (bicyclic) bond motifs is 1. The summed E-state index contributed by atoms with van der Waals surface area (Å²) in [5, 5.41) is 0. The molecular formula is C14H11NO5. The molecule has 6 nitrogen and oxygen atoms in total. The van der Waals surface area contributed by atoms with Gasteiger partial charge >= 0.3 is 24.1 Å². The molecule has 1 aromatic rings. The monoisotopic (exact) mass is 273 g/mol. The molecule has 3 rings (SSSR count). The van der Waals surface area contributed by atoms with E-state index in [0.29, 0.717) is 13.1 Å². The lowest BCUT2D eigenvalue weighted by Gasteiger charge is -2.21. The topological polar surface area (TPSA) is 72.9 Å². The lowest BCUT2D eigenvalue weighted by Crippen LogP contribution is -2.40. The molecule has 20 heavy (non-hydrogen) atoms. The Morgan fingerprint density at radius 1 is 1.00 bits per heavy atom. The average Bonchev–Trinajstić information content (AvgIpc) is 2.79. The highest BCUT2D eigenvalue weighted by molar-refractivity contribution is 5.96. The number of esters is 2. The van der Waals surface area contributed by atoms with Gasteiger partial charge in [-0.05, 0) is 11.1 Å². The first kappa shape index (κ1) is 12.4. The minimum absolute atomic E-state index is 0.411. The summed E-state index contributed by atoms with van der Waals surface area (Å²) in [6.45, 7) is 0.822. The van der Waals surface area contributed by atoms with Crippen molar-refractivity contribution in [2.75, 3.05) is 0 Å². The predicted molar refractivity (Wildman–Crippen MR) is 65.8 cm³/mol. The Kier molecular flexibility index (Phi) is 2.98. The van der Waals surface area contributed by atoms with Crippen molar-refractivity contribution >= 4 is 17.8 Å². The molecule has 0 radical (unpaired) electrons. The Balaban J connectivity index is 1.74. The lowest BCUT2D eigenvalue weighted by atomic mass is 10.1. The van der Waals surface area contributed by atoms with Crippen molar-refractivity contribution in [2.45, 2.75) is 19.4 Å². The summed E-state index contributed by atoms with van der Waals surface area (Å²) in [5.41, 5.74) is 2.07. The Bertz CT molecular complexity index is 577. The van der Waals surface area contributed by atoms with Crippen LogP contribution >= 0.6 is 0 Å². The van der Waals surface area contributed by atoms with E-state index >= 15 is 0 Å². The minimum Gasteiger partial charge on any atom is -0.412 e. The number of rotatable bonds is 1. The van der Waals surface area contributed by atoms with Gasteiger partial charge in [-0.3, -0.25) is 4.79 Å². The van der Waals surface area contributed by atoms with Crippen molar-refractivity contribution in [1.82, 2.24) is 4.90 Å².